The summed E-state index contributed by atoms with van der Waals surface area (Å²) in [7, 11) is 0. The van der Waals surface area contributed by atoms with E-state index in [1.54, 1.807) is 12.1 Å². The number of hydrogen-bond donors (Lipinski definition) is 0. The first-order valence-corrected chi connectivity index (χ1v) is 6.44. The monoisotopic (exact) mass is 280 g/mol. The molecule has 0 saturated carbocycles. The van der Waals surface area contributed by atoms with Crippen molar-refractivity contribution in [1.82, 2.24) is 4.40 Å². The van der Waals surface area contributed by atoms with E-state index in [4.69, 9.17) is 0 Å². The molecule has 0 N–H and O–H groups in total. The summed E-state index contributed by atoms with van der Waals surface area (Å²) in [4.78, 5) is 22.2. The van der Waals surface area contributed by atoms with E-state index in [0.717, 1.165) is 16.6 Å². The summed E-state index contributed by atoms with van der Waals surface area (Å²) in [5.41, 5.74) is 3.10. The van der Waals surface area contributed by atoms with Crippen LogP contribution in [0.3, 0.4) is 0 Å². The molecule has 0 saturated heterocycles. The first-order valence-electron chi connectivity index (χ1n) is 6.44. The number of nitrogens with zero attached hydrogens (tertiary/aromatic N) is 2. The van der Waals surface area contributed by atoms with Crippen molar-refractivity contribution in [2.24, 2.45) is 0 Å². The summed E-state index contributed by atoms with van der Waals surface area (Å²) in [6.45, 7) is 1.52. The molecule has 0 aliphatic rings. The molecule has 0 aliphatic carbocycles. The van der Waals surface area contributed by atoms with Crippen LogP contribution < -0.4 is 0 Å². The molecule has 21 heavy (non-hydrogen) atoms. The fourth-order valence-electron chi connectivity index (χ4n) is 2.47. The molecule has 5 nitrogen and oxygen atoms in total. The topological polar surface area (TPSA) is 64.6 Å². The van der Waals surface area contributed by atoms with Crippen molar-refractivity contribution in [3.8, 4) is 11.1 Å². The molecule has 2 heterocycles. The number of carbonyl (C=O) groups is 1. The van der Waals surface area contributed by atoms with Gasteiger partial charge in [0.15, 0.2) is 5.78 Å². The van der Waals surface area contributed by atoms with Gasteiger partial charge in [-0.25, -0.2) is 0 Å². The van der Waals surface area contributed by atoms with Crippen LogP contribution in [0.25, 0.3) is 16.6 Å². The third kappa shape index (κ3) is 2.18. The van der Waals surface area contributed by atoms with Crippen molar-refractivity contribution >= 4 is 17.0 Å². The Morgan fingerprint density at radius 1 is 1.14 bits per heavy atom. The smallest absolute Gasteiger partial charge is 0.269 e. The van der Waals surface area contributed by atoms with Crippen LogP contribution >= 0.6 is 0 Å². The number of benzene rings is 1. The Balaban J connectivity index is 2.22. The first-order chi connectivity index (χ1) is 10.1. The number of nitro groups is 1. The van der Waals surface area contributed by atoms with Crippen LogP contribution in [0.4, 0.5) is 5.69 Å². The number of rotatable bonds is 3. The Hall–Kier alpha value is -2.95. The predicted molar refractivity (Wildman–Crippen MR) is 79.5 cm³/mol. The molecule has 0 bridgehead atoms. The molecule has 3 aromatic rings. The second kappa shape index (κ2) is 4.86. The van der Waals surface area contributed by atoms with E-state index >= 15 is 0 Å². The van der Waals surface area contributed by atoms with Crippen molar-refractivity contribution in [2.75, 3.05) is 0 Å². The molecule has 3 rings (SSSR count). The van der Waals surface area contributed by atoms with Gasteiger partial charge < -0.3 is 4.40 Å². The van der Waals surface area contributed by atoms with Gasteiger partial charge in [-0.15, -0.1) is 0 Å². The summed E-state index contributed by atoms with van der Waals surface area (Å²) in [6, 6.07) is 13.8. The predicted octanol–water partition coefficient (Wildman–Crippen LogP) is 3.72. The van der Waals surface area contributed by atoms with Crippen molar-refractivity contribution in [2.45, 2.75) is 6.92 Å². The molecule has 2 aromatic heterocycles. The second-order valence-corrected chi connectivity index (χ2v) is 4.76. The molecule has 0 unspecified atom stereocenters. The Kier molecular flexibility index (Phi) is 3.02. The van der Waals surface area contributed by atoms with Gasteiger partial charge in [-0.05, 0) is 35.9 Å². The highest BCUT2D eigenvalue weighted by Gasteiger charge is 2.16. The standard InChI is InChI=1S/C16H12N2O3/c1-11(19)16-15(10-14-4-2-3-9-17(14)16)12-5-7-13(8-6-12)18(20)21/h2-10H,1H3. The third-order valence-corrected chi connectivity index (χ3v) is 3.40. The van der Waals surface area contributed by atoms with Gasteiger partial charge in [0.1, 0.15) is 0 Å². The molecular weight excluding hydrogens is 268 g/mol. The molecule has 0 fully saturated rings. The van der Waals surface area contributed by atoms with Gasteiger partial charge >= 0.3 is 0 Å². The quantitative estimate of drug-likeness (QED) is 0.417. The van der Waals surface area contributed by atoms with Crippen LogP contribution in [0.15, 0.2) is 54.7 Å². The summed E-state index contributed by atoms with van der Waals surface area (Å²) in [5, 5.41) is 10.7. The number of carbonyl (C=O) groups excluding carboxylic acids is 1. The van der Waals surface area contributed by atoms with E-state index in [1.807, 2.05) is 34.9 Å². The fraction of sp³-hybridized carbons (Fsp3) is 0.0625. The molecule has 0 atom stereocenters. The van der Waals surface area contributed by atoms with Gasteiger partial charge in [-0.2, -0.15) is 0 Å². The van der Waals surface area contributed by atoms with Gasteiger partial charge in [0.25, 0.3) is 5.69 Å². The Morgan fingerprint density at radius 3 is 2.48 bits per heavy atom. The maximum absolute atomic E-state index is 12.0. The fourth-order valence-corrected chi connectivity index (χ4v) is 2.47. The minimum absolute atomic E-state index is 0.0342. The van der Waals surface area contributed by atoms with E-state index in [1.165, 1.54) is 19.1 Å². The van der Waals surface area contributed by atoms with Crippen LogP contribution in [0.5, 0.6) is 0 Å². The number of fused-ring (bicyclic) bond motifs is 1. The van der Waals surface area contributed by atoms with Crippen molar-refractivity contribution < 1.29 is 9.72 Å². The van der Waals surface area contributed by atoms with Gasteiger partial charge in [-0.1, -0.05) is 6.07 Å². The van der Waals surface area contributed by atoms with E-state index < -0.39 is 4.92 Å². The number of nitro benzene ring substituents is 1. The molecular formula is C16H12N2O3. The van der Waals surface area contributed by atoms with Gasteiger partial charge in [0, 0.05) is 36.3 Å². The van der Waals surface area contributed by atoms with E-state index in [0.29, 0.717) is 5.69 Å². The summed E-state index contributed by atoms with van der Waals surface area (Å²) >= 11 is 0. The van der Waals surface area contributed by atoms with Crippen LogP contribution in [0.2, 0.25) is 0 Å². The maximum atomic E-state index is 12.0. The molecule has 0 amide bonds. The highest BCUT2D eigenvalue weighted by atomic mass is 16.6. The number of ketones is 1. The minimum atomic E-state index is -0.439. The average molecular weight is 280 g/mol. The maximum Gasteiger partial charge on any atom is 0.269 e. The molecule has 0 aliphatic heterocycles. The Labute approximate surface area is 120 Å². The highest BCUT2D eigenvalue weighted by Crippen LogP contribution is 2.29. The van der Waals surface area contributed by atoms with Crippen LogP contribution in [-0.2, 0) is 0 Å². The molecule has 104 valence electrons. The lowest BCUT2D eigenvalue weighted by Crippen LogP contribution is -2.00. The van der Waals surface area contributed by atoms with Gasteiger partial charge in [-0.3, -0.25) is 14.9 Å². The zero-order valence-corrected chi connectivity index (χ0v) is 11.3. The summed E-state index contributed by atoms with van der Waals surface area (Å²) in [5.74, 6) is -0.0467. The lowest BCUT2D eigenvalue weighted by atomic mass is 10.0. The normalized spacial score (nSPS) is 10.7. The SMILES string of the molecule is CC(=O)c1c(-c2ccc([N+](=O)[O-])cc2)cc2ccccn12. The number of hydrogen-bond acceptors (Lipinski definition) is 3. The summed E-state index contributed by atoms with van der Waals surface area (Å²) < 4.78 is 1.83. The van der Waals surface area contributed by atoms with E-state index in [2.05, 4.69) is 0 Å². The molecule has 0 spiro atoms. The van der Waals surface area contributed by atoms with Crippen molar-refractivity contribution in [3.63, 3.8) is 0 Å². The molecule has 0 radical (unpaired) electrons. The lowest BCUT2D eigenvalue weighted by molar-refractivity contribution is -0.384. The van der Waals surface area contributed by atoms with E-state index in [-0.39, 0.29) is 11.5 Å². The van der Waals surface area contributed by atoms with Gasteiger partial charge in [0.2, 0.25) is 0 Å². The number of aromatic nitrogens is 1. The van der Waals surface area contributed by atoms with Crippen LogP contribution in [0.1, 0.15) is 17.4 Å². The lowest BCUT2D eigenvalue weighted by Gasteiger charge is -2.03. The Bertz CT molecular complexity index is 848. The molecule has 5 heteroatoms. The van der Waals surface area contributed by atoms with Crippen molar-refractivity contribution in [1.29, 1.82) is 0 Å². The molecule has 1 aromatic carbocycles. The second-order valence-electron chi connectivity index (χ2n) is 4.76. The zero-order valence-electron chi connectivity index (χ0n) is 11.3. The largest absolute Gasteiger partial charge is 0.313 e. The number of Topliss-reactive ketones (excluding diaryl/α,β-unsaturated/α-hetero) is 1. The third-order valence-electron chi connectivity index (χ3n) is 3.40. The van der Waals surface area contributed by atoms with Gasteiger partial charge in [0.05, 0.1) is 10.6 Å². The Morgan fingerprint density at radius 2 is 1.86 bits per heavy atom. The number of pyridine rings is 1. The highest BCUT2D eigenvalue weighted by molar-refractivity contribution is 6.01. The van der Waals surface area contributed by atoms with Crippen LogP contribution in [-0.4, -0.2) is 15.1 Å². The van der Waals surface area contributed by atoms with Crippen LogP contribution in [0, 0.1) is 10.1 Å². The summed E-state index contributed by atoms with van der Waals surface area (Å²) in [6.07, 6.45) is 1.83. The van der Waals surface area contributed by atoms with E-state index in [9.17, 15) is 14.9 Å². The minimum Gasteiger partial charge on any atom is -0.313 e. The average Bonchev–Trinajstić information content (AvgIpc) is 2.86. The first kappa shape index (κ1) is 13.1. The zero-order chi connectivity index (χ0) is 15.0. The van der Waals surface area contributed by atoms with Crippen molar-refractivity contribution in [3.05, 3.63) is 70.5 Å². The number of non-ortho nitro benzene ring substituents is 1.